The molecule has 0 atom stereocenters. The van der Waals surface area contributed by atoms with Crippen LogP contribution in [0, 0.1) is 13.8 Å². The van der Waals surface area contributed by atoms with Crippen LogP contribution >= 0.6 is 0 Å². The first-order chi connectivity index (χ1) is 9.52. The molecule has 0 spiro atoms. The van der Waals surface area contributed by atoms with Gasteiger partial charge in [-0.2, -0.15) is 5.10 Å². The number of benzene rings is 1. The molecule has 0 aliphatic heterocycles. The predicted octanol–water partition coefficient (Wildman–Crippen LogP) is 3.36. The van der Waals surface area contributed by atoms with E-state index >= 15 is 0 Å². The van der Waals surface area contributed by atoms with Crippen LogP contribution in [0.15, 0.2) is 23.3 Å². The van der Waals surface area contributed by atoms with Gasteiger partial charge in [0.1, 0.15) is 5.75 Å². The van der Waals surface area contributed by atoms with Crippen molar-refractivity contribution in [1.29, 1.82) is 0 Å². The molecule has 0 bridgehead atoms. The fourth-order valence-corrected chi connectivity index (χ4v) is 1.68. The molecule has 0 aromatic heterocycles. The van der Waals surface area contributed by atoms with Gasteiger partial charge in [0.05, 0.1) is 0 Å². The number of rotatable bonds is 7. The van der Waals surface area contributed by atoms with Crippen LogP contribution in [0.5, 0.6) is 5.75 Å². The molecule has 0 radical (unpaired) electrons. The summed E-state index contributed by atoms with van der Waals surface area (Å²) in [6.45, 7) is 7.98. The minimum Gasteiger partial charge on any atom is -0.483 e. The summed E-state index contributed by atoms with van der Waals surface area (Å²) in [5.74, 6) is 0.508. The van der Waals surface area contributed by atoms with Gasteiger partial charge in [0.15, 0.2) is 6.61 Å². The third-order valence-corrected chi connectivity index (χ3v) is 2.97. The zero-order chi connectivity index (χ0) is 15.0. The third kappa shape index (κ3) is 5.87. The van der Waals surface area contributed by atoms with Crippen molar-refractivity contribution in [2.45, 2.75) is 47.0 Å². The molecule has 1 rings (SSSR count). The topological polar surface area (TPSA) is 50.7 Å². The van der Waals surface area contributed by atoms with Crippen molar-refractivity contribution in [3.63, 3.8) is 0 Å². The molecule has 0 fully saturated rings. The molecule has 0 saturated carbocycles. The lowest BCUT2D eigenvalue weighted by atomic mass is 10.1. The fourth-order valence-electron chi connectivity index (χ4n) is 1.68. The van der Waals surface area contributed by atoms with E-state index in [0.29, 0.717) is 0 Å². The van der Waals surface area contributed by atoms with E-state index in [4.69, 9.17) is 4.74 Å². The summed E-state index contributed by atoms with van der Waals surface area (Å²) in [5, 5.41) is 4.05. The molecule has 1 aromatic carbocycles. The summed E-state index contributed by atoms with van der Waals surface area (Å²) in [6.07, 6.45) is 3.12. The maximum Gasteiger partial charge on any atom is 0.277 e. The van der Waals surface area contributed by atoms with Crippen molar-refractivity contribution >= 4 is 11.6 Å². The Morgan fingerprint density at radius 3 is 2.80 bits per heavy atom. The first-order valence-corrected chi connectivity index (χ1v) is 7.05. The van der Waals surface area contributed by atoms with Crippen LogP contribution in [0.1, 0.15) is 44.2 Å². The SMILES string of the molecule is CCCC/C(C)=N/NC(=O)COc1cc(C)ccc1C. The number of nitrogens with zero attached hydrogens (tertiary/aromatic N) is 1. The summed E-state index contributed by atoms with van der Waals surface area (Å²) in [7, 11) is 0. The molecule has 0 unspecified atom stereocenters. The summed E-state index contributed by atoms with van der Waals surface area (Å²) < 4.78 is 5.51. The van der Waals surface area contributed by atoms with Gasteiger partial charge in [-0.05, 0) is 50.8 Å². The van der Waals surface area contributed by atoms with Gasteiger partial charge in [0, 0.05) is 5.71 Å². The monoisotopic (exact) mass is 276 g/mol. The number of aryl methyl sites for hydroxylation is 2. The van der Waals surface area contributed by atoms with Crippen LogP contribution < -0.4 is 10.2 Å². The summed E-state index contributed by atoms with van der Waals surface area (Å²) in [6, 6.07) is 5.93. The minimum atomic E-state index is -0.234. The Labute approximate surface area is 121 Å². The van der Waals surface area contributed by atoms with E-state index in [1.54, 1.807) is 0 Å². The van der Waals surface area contributed by atoms with Gasteiger partial charge in [-0.3, -0.25) is 4.79 Å². The summed E-state index contributed by atoms with van der Waals surface area (Å²) in [4.78, 5) is 11.6. The molecule has 1 N–H and O–H groups in total. The molecule has 1 aromatic rings. The molecule has 0 aliphatic rings. The number of hydrazone groups is 1. The molecule has 0 aliphatic carbocycles. The van der Waals surface area contributed by atoms with Gasteiger partial charge < -0.3 is 4.74 Å². The number of hydrogen-bond donors (Lipinski definition) is 1. The highest BCUT2D eigenvalue weighted by Gasteiger charge is 2.04. The largest absolute Gasteiger partial charge is 0.483 e. The normalized spacial score (nSPS) is 11.3. The van der Waals surface area contributed by atoms with Crippen LogP contribution in [0.25, 0.3) is 0 Å². The van der Waals surface area contributed by atoms with E-state index in [1.807, 2.05) is 39.0 Å². The molecule has 20 heavy (non-hydrogen) atoms. The number of hydrogen-bond acceptors (Lipinski definition) is 3. The molecule has 0 saturated heterocycles. The molecular weight excluding hydrogens is 252 g/mol. The van der Waals surface area contributed by atoms with Crippen LogP contribution in [-0.4, -0.2) is 18.2 Å². The Morgan fingerprint density at radius 1 is 1.35 bits per heavy atom. The Kier molecular flexibility index (Phi) is 6.77. The van der Waals surface area contributed by atoms with Gasteiger partial charge in [-0.1, -0.05) is 25.5 Å². The first kappa shape index (κ1) is 16.2. The van der Waals surface area contributed by atoms with Crippen molar-refractivity contribution in [1.82, 2.24) is 5.43 Å². The second-order valence-corrected chi connectivity index (χ2v) is 5.04. The standard InChI is InChI=1S/C16H24N2O2/c1-5-6-7-14(4)17-18-16(19)11-20-15-10-12(2)8-9-13(15)3/h8-10H,5-7,11H2,1-4H3,(H,18,19)/b17-14+. The maximum absolute atomic E-state index is 11.6. The van der Waals surface area contributed by atoms with Gasteiger partial charge in [-0.25, -0.2) is 5.43 Å². The lowest BCUT2D eigenvalue weighted by Gasteiger charge is -2.09. The van der Waals surface area contributed by atoms with E-state index in [2.05, 4.69) is 17.5 Å². The van der Waals surface area contributed by atoms with Gasteiger partial charge >= 0.3 is 0 Å². The van der Waals surface area contributed by atoms with E-state index in [1.165, 1.54) is 0 Å². The average molecular weight is 276 g/mol. The lowest BCUT2D eigenvalue weighted by Crippen LogP contribution is -2.25. The Hall–Kier alpha value is -1.84. The molecule has 4 heteroatoms. The number of ether oxygens (including phenoxy) is 1. The Morgan fingerprint density at radius 2 is 2.10 bits per heavy atom. The first-order valence-electron chi connectivity index (χ1n) is 7.05. The van der Waals surface area contributed by atoms with Crippen molar-refractivity contribution < 1.29 is 9.53 Å². The number of amides is 1. The zero-order valence-electron chi connectivity index (χ0n) is 12.8. The molecule has 4 nitrogen and oxygen atoms in total. The fraction of sp³-hybridized carbons (Fsp3) is 0.500. The molecule has 0 heterocycles. The molecule has 110 valence electrons. The number of carbonyl (C=O) groups is 1. The van der Waals surface area contributed by atoms with E-state index in [-0.39, 0.29) is 12.5 Å². The minimum absolute atomic E-state index is 0.0190. The molecular formula is C16H24N2O2. The predicted molar refractivity (Wildman–Crippen MR) is 82.2 cm³/mol. The quantitative estimate of drug-likeness (QED) is 0.613. The van der Waals surface area contributed by atoms with Crippen molar-refractivity contribution in [2.24, 2.45) is 5.10 Å². The van der Waals surface area contributed by atoms with Crippen molar-refractivity contribution in [3.8, 4) is 5.75 Å². The second-order valence-electron chi connectivity index (χ2n) is 5.04. The van der Waals surface area contributed by atoms with Crippen molar-refractivity contribution in [2.75, 3.05) is 6.61 Å². The van der Waals surface area contributed by atoms with Gasteiger partial charge in [-0.15, -0.1) is 0 Å². The highest BCUT2D eigenvalue weighted by atomic mass is 16.5. The zero-order valence-corrected chi connectivity index (χ0v) is 12.8. The molecule has 1 amide bonds. The summed E-state index contributed by atoms with van der Waals surface area (Å²) in [5.41, 5.74) is 5.59. The van der Waals surface area contributed by atoms with Crippen LogP contribution in [0.3, 0.4) is 0 Å². The van der Waals surface area contributed by atoms with Crippen LogP contribution in [-0.2, 0) is 4.79 Å². The van der Waals surface area contributed by atoms with Crippen molar-refractivity contribution in [3.05, 3.63) is 29.3 Å². The Balaban J connectivity index is 2.41. The van der Waals surface area contributed by atoms with E-state index in [9.17, 15) is 4.79 Å². The van der Waals surface area contributed by atoms with Gasteiger partial charge in [0.2, 0.25) is 0 Å². The lowest BCUT2D eigenvalue weighted by molar-refractivity contribution is -0.123. The highest BCUT2D eigenvalue weighted by molar-refractivity contribution is 5.84. The van der Waals surface area contributed by atoms with Crippen LogP contribution in [0.2, 0.25) is 0 Å². The maximum atomic E-state index is 11.6. The van der Waals surface area contributed by atoms with E-state index in [0.717, 1.165) is 41.9 Å². The van der Waals surface area contributed by atoms with Crippen LogP contribution in [0.4, 0.5) is 0 Å². The van der Waals surface area contributed by atoms with E-state index < -0.39 is 0 Å². The number of carbonyl (C=O) groups excluding carboxylic acids is 1. The average Bonchev–Trinajstić information content (AvgIpc) is 2.43. The van der Waals surface area contributed by atoms with Gasteiger partial charge in [0.25, 0.3) is 5.91 Å². The third-order valence-electron chi connectivity index (χ3n) is 2.97. The number of nitrogens with one attached hydrogen (secondary N) is 1. The Bertz CT molecular complexity index is 481. The number of unbranched alkanes of at least 4 members (excludes halogenated alkanes) is 1. The second kappa shape index (κ2) is 8.35. The smallest absolute Gasteiger partial charge is 0.277 e. The summed E-state index contributed by atoms with van der Waals surface area (Å²) >= 11 is 0. The highest BCUT2D eigenvalue weighted by Crippen LogP contribution is 2.18.